The normalized spacial score (nSPS) is 17.1. The molecule has 8 nitrogen and oxygen atoms in total. The fourth-order valence-corrected chi connectivity index (χ4v) is 4.80. The molecule has 0 aliphatic carbocycles. The molecule has 1 aliphatic heterocycles. The highest BCUT2D eigenvalue weighted by Gasteiger charge is 2.37. The molecule has 0 amide bonds. The first-order valence-electron chi connectivity index (χ1n) is 8.95. The molecule has 0 fully saturated rings. The average molecular weight is 438 g/mol. The smallest absolute Gasteiger partial charge is 0.250 e. The third-order valence-corrected chi connectivity index (χ3v) is 6.78. The van der Waals surface area contributed by atoms with E-state index < -0.39 is 26.1 Å². The van der Waals surface area contributed by atoms with Gasteiger partial charge in [-0.3, -0.25) is 4.72 Å². The van der Waals surface area contributed by atoms with Crippen LogP contribution in [0.25, 0.3) is 0 Å². The van der Waals surface area contributed by atoms with Crippen molar-refractivity contribution < 1.29 is 21.6 Å². The molecule has 0 spiro atoms. The molecule has 0 saturated carbocycles. The first kappa shape index (κ1) is 21.1. The number of anilines is 1. The van der Waals surface area contributed by atoms with Crippen molar-refractivity contribution in [1.82, 2.24) is 4.41 Å². The number of benzene rings is 2. The highest BCUT2D eigenvalue weighted by molar-refractivity contribution is 7.92. The second-order valence-electron chi connectivity index (χ2n) is 6.63. The quantitative estimate of drug-likeness (QED) is 0.717. The van der Waals surface area contributed by atoms with E-state index in [0.29, 0.717) is 23.6 Å². The van der Waals surface area contributed by atoms with E-state index in [4.69, 9.17) is 4.74 Å². The van der Waals surface area contributed by atoms with E-state index >= 15 is 0 Å². The molecule has 3 rings (SSSR count). The number of hydrogen-bond donors (Lipinski definition) is 1. The Morgan fingerprint density at radius 1 is 1.10 bits per heavy atom. The van der Waals surface area contributed by atoms with Crippen LogP contribution in [0.1, 0.15) is 30.5 Å². The van der Waals surface area contributed by atoms with Gasteiger partial charge in [-0.1, -0.05) is 30.3 Å². The Labute approximate surface area is 171 Å². The summed E-state index contributed by atoms with van der Waals surface area (Å²) in [5.74, 6) is 0.519. The summed E-state index contributed by atoms with van der Waals surface area (Å²) < 4.78 is 57.1. The molecule has 10 heteroatoms. The lowest BCUT2D eigenvalue weighted by atomic mass is 9.98. The van der Waals surface area contributed by atoms with E-state index in [0.717, 1.165) is 21.8 Å². The van der Waals surface area contributed by atoms with Crippen LogP contribution in [0.4, 0.5) is 5.69 Å². The van der Waals surface area contributed by atoms with Crippen LogP contribution in [0.2, 0.25) is 0 Å². The molecule has 0 aromatic heterocycles. The van der Waals surface area contributed by atoms with Crippen molar-refractivity contribution in [3.63, 3.8) is 0 Å². The third-order valence-electron chi connectivity index (χ3n) is 4.54. The molecule has 1 atom stereocenters. The molecule has 29 heavy (non-hydrogen) atoms. The van der Waals surface area contributed by atoms with Gasteiger partial charge in [-0.2, -0.15) is 9.52 Å². The van der Waals surface area contributed by atoms with Gasteiger partial charge < -0.3 is 4.74 Å². The van der Waals surface area contributed by atoms with Crippen LogP contribution in [0.5, 0.6) is 5.75 Å². The molecular weight excluding hydrogens is 414 g/mol. The number of ether oxygens (including phenoxy) is 1. The lowest BCUT2D eigenvalue weighted by Gasteiger charge is -2.24. The Bertz CT molecular complexity index is 1130. The maximum atomic E-state index is 12.7. The number of hydrazone groups is 1. The van der Waals surface area contributed by atoms with E-state index in [1.54, 1.807) is 44.4 Å². The first-order valence-corrected chi connectivity index (χ1v) is 12.5. The predicted molar refractivity (Wildman–Crippen MR) is 113 cm³/mol. The van der Waals surface area contributed by atoms with Crippen LogP contribution in [-0.2, 0) is 20.0 Å². The van der Waals surface area contributed by atoms with Crippen LogP contribution in [0.3, 0.4) is 0 Å². The maximum Gasteiger partial charge on any atom is 0.250 e. The van der Waals surface area contributed by atoms with Gasteiger partial charge in [0.25, 0.3) is 0 Å². The number of sulfonamides is 2. The first-order chi connectivity index (χ1) is 13.6. The monoisotopic (exact) mass is 437 g/mol. The molecule has 1 N–H and O–H groups in total. The summed E-state index contributed by atoms with van der Waals surface area (Å²) in [6.07, 6.45) is 1.45. The van der Waals surface area contributed by atoms with Crippen molar-refractivity contribution in [3.8, 4) is 5.75 Å². The Kier molecular flexibility index (Phi) is 5.85. The molecule has 0 bridgehead atoms. The predicted octanol–water partition coefficient (Wildman–Crippen LogP) is 2.57. The van der Waals surface area contributed by atoms with Gasteiger partial charge in [-0.15, -0.1) is 0 Å². The van der Waals surface area contributed by atoms with Crippen molar-refractivity contribution in [2.75, 3.05) is 23.8 Å². The minimum absolute atomic E-state index is 0.0767. The van der Waals surface area contributed by atoms with Crippen molar-refractivity contribution in [2.45, 2.75) is 19.4 Å². The van der Waals surface area contributed by atoms with Crippen LogP contribution in [0.15, 0.2) is 53.6 Å². The van der Waals surface area contributed by atoms with E-state index in [1.807, 2.05) is 18.2 Å². The molecule has 1 aliphatic rings. The summed E-state index contributed by atoms with van der Waals surface area (Å²) in [7, 11) is -5.43. The number of para-hydroxylation sites is 1. The van der Waals surface area contributed by atoms with Gasteiger partial charge in [-0.05, 0) is 30.7 Å². The highest BCUT2D eigenvalue weighted by Crippen LogP contribution is 2.39. The molecule has 156 valence electrons. The number of nitrogens with one attached hydrogen (secondary N) is 1. The van der Waals surface area contributed by atoms with Gasteiger partial charge in [-0.25, -0.2) is 16.8 Å². The van der Waals surface area contributed by atoms with E-state index in [9.17, 15) is 16.8 Å². The van der Waals surface area contributed by atoms with Gasteiger partial charge in [0.15, 0.2) is 0 Å². The average Bonchev–Trinajstić information content (AvgIpc) is 3.13. The standard InChI is InChI=1S/C19H23N3O5S2/c1-4-29(25,26)22-18(16-7-5-6-8-19(16)27-2)13-17(20-22)14-9-11-15(12-10-14)21-28(3,23)24/h5-12,18,21H,4,13H2,1-3H3/t18-/m1/s1. The molecule has 2 aromatic carbocycles. The maximum absolute atomic E-state index is 12.7. The lowest BCUT2D eigenvalue weighted by Crippen LogP contribution is -2.28. The highest BCUT2D eigenvalue weighted by atomic mass is 32.2. The minimum atomic E-state index is -3.59. The molecule has 0 unspecified atom stereocenters. The molecule has 0 radical (unpaired) electrons. The Morgan fingerprint density at radius 2 is 1.76 bits per heavy atom. The Hall–Kier alpha value is -2.59. The zero-order chi connectivity index (χ0) is 21.2. The van der Waals surface area contributed by atoms with Crippen molar-refractivity contribution >= 4 is 31.4 Å². The number of methoxy groups -OCH3 is 1. The SMILES string of the molecule is CCS(=O)(=O)N1N=C(c2ccc(NS(C)(=O)=O)cc2)C[C@@H]1c1ccccc1OC. The second-order valence-corrected chi connectivity index (χ2v) is 10.5. The van der Waals surface area contributed by atoms with Crippen LogP contribution >= 0.6 is 0 Å². The molecular formula is C19H23N3O5S2. The topological polar surface area (TPSA) is 105 Å². The summed E-state index contributed by atoms with van der Waals surface area (Å²) in [5.41, 5.74) is 2.48. The fraction of sp³-hybridized carbons (Fsp3) is 0.316. The largest absolute Gasteiger partial charge is 0.496 e. The van der Waals surface area contributed by atoms with Crippen LogP contribution in [-0.4, -0.2) is 46.1 Å². The summed E-state index contributed by atoms with van der Waals surface area (Å²) in [6.45, 7) is 1.58. The van der Waals surface area contributed by atoms with Gasteiger partial charge >= 0.3 is 0 Å². The second kappa shape index (κ2) is 8.03. The summed E-state index contributed by atoms with van der Waals surface area (Å²) >= 11 is 0. The lowest BCUT2D eigenvalue weighted by molar-refractivity contribution is 0.350. The van der Waals surface area contributed by atoms with Crippen LogP contribution in [0, 0.1) is 0 Å². The zero-order valence-corrected chi connectivity index (χ0v) is 18.0. The number of rotatable bonds is 7. The van der Waals surface area contributed by atoms with Gasteiger partial charge in [0, 0.05) is 17.7 Å². The molecule has 0 saturated heterocycles. The van der Waals surface area contributed by atoms with Gasteiger partial charge in [0.1, 0.15) is 5.75 Å². The number of nitrogens with zero attached hydrogens (tertiary/aromatic N) is 2. The summed E-state index contributed by atoms with van der Waals surface area (Å²) in [6, 6.07) is 13.4. The van der Waals surface area contributed by atoms with E-state index in [-0.39, 0.29) is 5.75 Å². The third kappa shape index (κ3) is 4.70. The molecule has 1 heterocycles. The fourth-order valence-electron chi connectivity index (χ4n) is 3.17. The van der Waals surface area contributed by atoms with Crippen molar-refractivity contribution in [1.29, 1.82) is 0 Å². The minimum Gasteiger partial charge on any atom is -0.496 e. The van der Waals surface area contributed by atoms with Gasteiger partial charge in [0.05, 0.1) is 30.9 Å². The molecule has 2 aromatic rings. The van der Waals surface area contributed by atoms with Crippen molar-refractivity contribution in [2.24, 2.45) is 5.10 Å². The summed E-state index contributed by atoms with van der Waals surface area (Å²) in [4.78, 5) is 0. The Morgan fingerprint density at radius 3 is 2.34 bits per heavy atom. The van der Waals surface area contributed by atoms with Crippen molar-refractivity contribution in [3.05, 3.63) is 59.7 Å². The number of hydrogen-bond acceptors (Lipinski definition) is 6. The zero-order valence-electron chi connectivity index (χ0n) is 16.4. The van der Waals surface area contributed by atoms with Crippen LogP contribution < -0.4 is 9.46 Å². The van der Waals surface area contributed by atoms with E-state index in [2.05, 4.69) is 9.82 Å². The van der Waals surface area contributed by atoms with Gasteiger partial charge in [0.2, 0.25) is 20.0 Å². The van der Waals surface area contributed by atoms with E-state index in [1.165, 1.54) is 0 Å². The Balaban J connectivity index is 1.98. The summed E-state index contributed by atoms with van der Waals surface area (Å²) in [5, 5.41) is 4.41.